The number of imidazole rings is 1. The van der Waals surface area contributed by atoms with Gasteiger partial charge in [-0.1, -0.05) is 0 Å². The Morgan fingerprint density at radius 1 is 1.32 bits per heavy atom. The van der Waals surface area contributed by atoms with E-state index in [1.165, 1.54) is 37.8 Å². The van der Waals surface area contributed by atoms with Gasteiger partial charge in [0, 0.05) is 12.1 Å². The molecule has 7 heteroatoms. The highest BCUT2D eigenvalue weighted by Gasteiger charge is 2.14. The number of halogens is 1. The molecule has 0 amide bonds. The molecule has 0 bridgehead atoms. The van der Waals surface area contributed by atoms with Gasteiger partial charge in [-0.05, 0) is 18.2 Å². The fourth-order valence-electron chi connectivity index (χ4n) is 2.00. The third kappa shape index (κ3) is 2.44. The summed E-state index contributed by atoms with van der Waals surface area (Å²) in [6.45, 7) is 0. The van der Waals surface area contributed by atoms with Crippen LogP contribution >= 0.6 is 0 Å². The number of carbonyl (C=O) groups is 1. The molecule has 0 radical (unpaired) electrons. The lowest BCUT2D eigenvalue weighted by molar-refractivity contribution is 0.0600. The number of rotatable bonds is 3. The van der Waals surface area contributed by atoms with Crippen molar-refractivity contribution in [3.63, 3.8) is 0 Å². The molecule has 0 atom stereocenters. The van der Waals surface area contributed by atoms with Crippen molar-refractivity contribution in [2.75, 3.05) is 7.11 Å². The van der Waals surface area contributed by atoms with E-state index < -0.39 is 11.8 Å². The molecule has 0 aliphatic carbocycles. The SMILES string of the molecule is COC(=O)c1cc(Oc2ccc(O)cc2F)n2cncc2c1. The average Bonchev–Trinajstić information content (AvgIpc) is 2.97. The number of carbonyl (C=O) groups excluding carboxylic acids is 1. The molecule has 2 aromatic heterocycles. The van der Waals surface area contributed by atoms with Crippen molar-refractivity contribution in [1.82, 2.24) is 9.38 Å². The summed E-state index contributed by atoms with van der Waals surface area (Å²) in [5, 5.41) is 9.22. The molecule has 0 unspecified atom stereocenters. The van der Waals surface area contributed by atoms with Crippen LogP contribution in [-0.2, 0) is 4.74 Å². The second-order valence-electron chi connectivity index (χ2n) is 4.48. The molecule has 1 N–H and O–H groups in total. The van der Waals surface area contributed by atoms with Crippen LogP contribution in [0.2, 0.25) is 0 Å². The second-order valence-corrected chi connectivity index (χ2v) is 4.48. The highest BCUT2D eigenvalue weighted by molar-refractivity contribution is 5.91. The van der Waals surface area contributed by atoms with Gasteiger partial charge in [-0.15, -0.1) is 0 Å². The average molecular weight is 302 g/mol. The first kappa shape index (κ1) is 13.9. The summed E-state index contributed by atoms with van der Waals surface area (Å²) < 4.78 is 25.5. The van der Waals surface area contributed by atoms with E-state index in [4.69, 9.17) is 4.74 Å². The Kier molecular flexibility index (Phi) is 3.38. The maximum absolute atomic E-state index is 13.8. The normalized spacial score (nSPS) is 10.6. The molecule has 0 spiro atoms. The maximum atomic E-state index is 13.8. The first-order chi connectivity index (χ1) is 10.6. The quantitative estimate of drug-likeness (QED) is 0.753. The fraction of sp³-hybridized carbons (Fsp3) is 0.0667. The van der Waals surface area contributed by atoms with Crippen LogP contribution in [0.25, 0.3) is 5.52 Å². The number of nitrogens with zero attached hydrogens (tertiary/aromatic N) is 2. The number of aromatic nitrogens is 2. The molecule has 3 aromatic rings. The number of esters is 1. The minimum Gasteiger partial charge on any atom is -0.508 e. The third-order valence-electron chi connectivity index (χ3n) is 3.04. The minimum absolute atomic E-state index is 0.0881. The van der Waals surface area contributed by atoms with Crippen LogP contribution in [0.1, 0.15) is 10.4 Å². The van der Waals surface area contributed by atoms with E-state index in [1.54, 1.807) is 10.5 Å². The standard InChI is InChI=1S/C15H11FN2O4/c1-21-15(20)9-4-10-7-17-8-18(10)14(5-9)22-13-3-2-11(19)6-12(13)16/h2-8,19H,1H3. The molecule has 0 saturated carbocycles. The highest BCUT2D eigenvalue weighted by atomic mass is 19.1. The zero-order chi connectivity index (χ0) is 15.7. The van der Waals surface area contributed by atoms with Gasteiger partial charge in [-0.2, -0.15) is 0 Å². The number of ether oxygens (including phenoxy) is 2. The van der Waals surface area contributed by atoms with Crippen LogP contribution in [0.4, 0.5) is 4.39 Å². The van der Waals surface area contributed by atoms with Crippen LogP contribution in [0.15, 0.2) is 42.9 Å². The van der Waals surface area contributed by atoms with Gasteiger partial charge >= 0.3 is 5.97 Å². The van der Waals surface area contributed by atoms with Crippen molar-refractivity contribution in [3.8, 4) is 17.4 Å². The van der Waals surface area contributed by atoms with Crippen molar-refractivity contribution in [1.29, 1.82) is 0 Å². The molecule has 0 aliphatic heterocycles. The van der Waals surface area contributed by atoms with Crippen molar-refractivity contribution in [2.45, 2.75) is 0 Å². The lowest BCUT2D eigenvalue weighted by atomic mass is 10.2. The number of hydrogen-bond donors (Lipinski definition) is 1. The number of hydrogen-bond acceptors (Lipinski definition) is 5. The lowest BCUT2D eigenvalue weighted by Gasteiger charge is -2.10. The predicted octanol–water partition coefficient (Wildman–Crippen LogP) is 2.76. The smallest absolute Gasteiger partial charge is 0.338 e. The van der Waals surface area contributed by atoms with Gasteiger partial charge in [0.1, 0.15) is 12.1 Å². The topological polar surface area (TPSA) is 73.1 Å². The summed E-state index contributed by atoms with van der Waals surface area (Å²) in [7, 11) is 1.27. The van der Waals surface area contributed by atoms with Gasteiger partial charge in [0.25, 0.3) is 0 Å². The molecule has 3 rings (SSSR count). The summed E-state index contributed by atoms with van der Waals surface area (Å²) in [5.41, 5.74) is 0.849. The van der Waals surface area contributed by atoms with Crippen molar-refractivity contribution in [2.24, 2.45) is 0 Å². The molecule has 2 heterocycles. The zero-order valence-electron chi connectivity index (χ0n) is 11.5. The minimum atomic E-state index is -0.725. The molecule has 22 heavy (non-hydrogen) atoms. The molecular formula is C15H11FN2O4. The molecule has 0 fully saturated rings. The predicted molar refractivity (Wildman–Crippen MR) is 74.7 cm³/mol. The van der Waals surface area contributed by atoms with E-state index in [2.05, 4.69) is 9.72 Å². The second kappa shape index (κ2) is 5.36. The Hall–Kier alpha value is -3.09. The van der Waals surface area contributed by atoms with Crippen LogP contribution in [0.3, 0.4) is 0 Å². The Morgan fingerprint density at radius 3 is 2.86 bits per heavy atom. The van der Waals surface area contributed by atoms with Crippen molar-refractivity contribution in [3.05, 3.63) is 54.2 Å². The van der Waals surface area contributed by atoms with Gasteiger partial charge in [-0.25, -0.2) is 14.2 Å². The Balaban J connectivity index is 2.08. The summed E-state index contributed by atoms with van der Waals surface area (Å²) in [6, 6.07) is 6.53. The number of fused-ring (bicyclic) bond motifs is 1. The van der Waals surface area contributed by atoms with Crippen molar-refractivity contribution >= 4 is 11.5 Å². The zero-order valence-corrected chi connectivity index (χ0v) is 11.5. The van der Waals surface area contributed by atoms with Gasteiger partial charge in [0.05, 0.1) is 24.4 Å². The monoisotopic (exact) mass is 302 g/mol. The van der Waals surface area contributed by atoms with Crippen molar-refractivity contribution < 1.29 is 23.8 Å². The van der Waals surface area contributed by atoms with Gasteiger partial charge in [-0.3, -0.25) is 4.40 Å². The Morgan fingerprint density at radius 2 is 2.14 bits per heavy atom. The number of methoxy groups -OCH3 is 1. The first-order valence-corrected chi connectivity index (χ1v) is 6.29. The number of pyridine rings is 1. The third-order valence-corrected chi connectivity index (χ3v) is 3.04. The van der Waals surface area contributed by atoms with E-state index in [0.717, 1.165) is 6.07 Å². The molecule has 112 valence electrons. The number of phenols is 1. The molecular weight excluding hydrogens is 291 g/mol. The summed E-state index contributed by atoms with van der Waals surface area (Å²) in [4.78, 5) is 15.6. The highest BCUT2D eigenvalue weighted by Crippen LogP contribution is 2.28. The van der Waals surface area contributed by atoms with Crippen LogP contribution in [0.5, 0.6) is 17.4 Å². The Labute approximate surface area is 124 Å². The fourth-order valence-corrected chi connectivity index (χ4v) is 2.00. The van der Waals surface area contributed by atoms with E-state index in [-0.39, 0.29) is 22.9 Å². The number of benzene rings is 1. The van der Waals surface area contributed by atoms with E-state index >= 15 is 0 Å². The van der Waals surface area contributed by atoms with Crippen LogP contribution < -0.4 is 4.74 Å². The van der Waals surface area contributed by atoms with Gasteiger partial charge < -0.3 is 14.6 Å². The molecule has 6 nitrogen and oxygen atoms in total. The van der Waals surface area contributed by atoms with E-state index in [1.807, 2.05) is 0 Å². The first-order valence-electron chi connectivity index (χ1n) is 6.29. The molecule has 0 aliphatic rings. The summed E-state index contributed by atoms with van der Waals surface area (Å²) in [6.07, 6.45) is 3.01. The van der Waals surface area contributed by atoms with Crippen LogP contribution in [0, 0.1) is 5.82 Å². The Bertz CT molecular complexity index is 860. The van der Waals surface area contributed by atoms with Crippen LogP contribution in [-0.4, -0.2) is 27.6 Å². The number of phenolic OH excluding ortho intramolecular Hbond substituents is 1. The maximum Gasteiger partial charge on any atom is 0.338 e. The molecule has 0 saturated heterocycles. The van der Waals surface area contributed by atoms with E-state index in [0.29, 0.717) is 5.52 Å². The van der Waals surface area contributed by atoms with Gasteiger partial charge in [0.15, 0.2) is 11.6 Å². The summed E-state index contributed by atoms with van der Waals surface area (Å²) in [5.74, 6) is -1.37. The largest absolute Gasteiger partial charge is 0.508 e. The summed E-state index contributed by atoms with van der Waals surface area (Å²) >= 11 is 0. The van der Waals surface area contributed by atoms with Gasteiger partial charge in [0.2, 0.25) is 5.88 Å². The number of aromatic hydroxyl groups is 1. The molecule has 1 aromatic carbocycles. The van der Waals surface area contributed by atoms with E-state index in [9.17, 15) is 14.3 Å². The lowest BCUT2D eigenvalue weighted by Crippen LogP contribution is -2.04.